The fourth-order valence-electron chi connectivity index (χ4n) is 3.69. The lowest BCUT2D eigenvalue weighted by Crippen LogP contribution is -2.23. The quantitative estimate of drug-likeness (QED) is 0.786. The number of carbonyl (C=O) groups is 1. The van der Waals surface area contributed by atoms with E-state index >= 15 is 0 Å². The van der Waals surface area contributed by atoms with Crippen LogP contribution in [0, 0.1) is 6.92 Å². The first kappa shape index (κ1) is 16.8. The third kappa shape index (κ3) is 3.21. The van der Waals surface area contributed by atoms with Gasteiger partial charge in [0, 0.05) is 18.4 Å². The molecule has 2 heterocycles. The number of nitrogens with zero attached hydrogens (tertiary/aromatic N) is 3. The number of hydrogen-bond acceptors (Lipinski definition) is 3. The Morgan fingerprint density at radius 2 is 1.92 bits per heavy atom. The Balaban J connectivity index is 1.59. The van der Waals surface area contributed by atoms with Crippen molar-refractivity contribution in [3.05, 3.63) is 64.6 Å². The van der Waals surface area contributed by atoms with Gasteiger partial charge >= 0.3 is 0 Å². The number of aromatic nitrogens is 3. The summed E-state index contributed by atoms with van der Waals surface area (Å²) >= 11 is 0. The average molecular weight is 348 g/mol. The van der Waals surface area contributed by atoms with Gasteiger partial charge in [-0.05, 0) is 49.3 Å². The van der Waals surface area contributed by atoms with Gasteiger partial charge in [0.25, 0.3) is 5.91 Å². The molecule has 0 bridgehead atoms. The van der Waals surface area contributed by atoms with Gasteiger partial charge in [0.1, 0.15) is 5.56 Å². The van der Waals surface area contributed by atoms with Crippen LogP contribution in [-0.4, -0.2) is 20.5 Å². The lowest BCUT2D eigenvalue weighted by atomic mass is 9.98. The van der Waals surface area contributed by atoms with Gasteiger partial charge in [-0.2, -0.15) is 5.10 Å². The number of hydrogen-bond donors (Lipinski definition) is 1. The number of benzene rings is 1. The smallest absolute Gasteiger partial charge is 0.257 e. The predicted octanol–water partition coefficient (Wildman–Crippen LogP) is 3.63. The number of fused-ring (bicyclic) bond motifs is 3. The maximum Gasteiger partial charge on any atom is 0.257 e. The maximum absolute atomic E-state index is 12.7. The number of carbonyl (C=O) groups excluding carboxylic acids is 1. The molecule has 26 heavy (non-hydrogen) atoms. The molecule has 2 aromatic heterocycles. The highest BCUT2D eigenvalue weighted by molar-refractivity contribution is 5.99. The van der Waals surface area contributed by atoms with Gasteiger partial charge in [-0.1, -0.05) is 37.1 Å². The van der Waals surface area contributed by atoms with E-state index < -0.39 is 0 Å². The predicted molar refractivity (Wildman–Crippen MR) is 101 cm³/mol. The van der Waals surface area contributed by atoms with Crippen LogP contribution in [0.1, 0.15) is 58.4 Å². The Bertz CT molecular complexity index is 944. The standard InChI is InChI=1S/C21H24N4O/c1-15-8-6-7-9-16(15)12-23-21(26)18-14-24-25-19-11-5-3-2-4-10-17(19)13-22-20(18)25/h6-9,13-14H,2-5,10-12H2,1H3,(H,23,26). The molecular formula is C21H24N4O. The Kier molecular flexibility index (Phi) is 4.69. The van der Waals surface area contributed by atoms with E-state index in [1.807, 2.05) is 28.9 Å². The summed E-state index contributed by atoms with van der Waals surface area (Å²) in [6, 6.07) is 8.08. The summed E-state index contributed by atoms with van der Waals surface area (Å²) in [4.78, 5) is 17.3. The zero-order chi connectivity index (χ0) is 17.9. The molecule has 0 unspecified atom stereocenters. The molecule has 0 saturated carbocycles. The third-order valence-electron chi connectivity index (χ3n) is 5.27. The first-order chi connectivity index (χ1) is 12.7. The molecule has 5 nitrogen and oxygen atoms in total. The molecule has 0 atom stereocenters. The zero-order valence-electron chi connectivity index (χ0n) is 15.2. The van der Waals surface area contributed by atoms with Crippen LogP contribution >= 0.6 is 0 Å². The van der Waals surface area contributed by atoms with Crippen molar-refractivity contribution in [3.63, 3.8) is 0 Å². The lowest BCUT2D eigenvalue weighted by molar-refractivity contribution is 0.0952. The molecule has 0 radical (unpaired) electrons. The molecule has 1 amide bonds. The van der Waals surface area contributed by atoms with Gasteiger partial charge in [0.2, 0.25) is 0 Å². The molecule has 0 saturated heterocycles. The van der Waals surface area contributed by atoms with Crippen LogP contribution in [0.2, 0.25) is 0 Å². The molecular weight excluding hydrogens is 324 g/mol. The van der Waals surface area contributed by atoms with Crippen molar-refractivity contribution in [1.29, 1.82) is 0 Å². The Morgan fingerprint density at radius 3 is 2.77 bits per heavy atom. The molecule has 3 aromatic rings. The van der Waals surface area contributed by atoms with Crippen molar-refractivity contribution < 1.29 is 4.79 Å². The van der Waals surface area contributed by atoms with E-state index in [-0.39, 0.29) is 5.91 Å². The van der Waals surface area contributed by atoms with Crippen molar-refractivity contribution in [2.75, 3.05) is 0 Å². The van der Waals surface area contributed by atoms with Gasteiger partial charge in [0.05, 0.1) is 6.20 Å². The average Bonchev–Trinajstić information content (AvgIpc) is 3.05. The molecule has 0 spiro atoms. The van der Waals surface area contributed by atoms with Gasteiger partial charge < -0.3 is 5.32 Å². The minimum absolute atomic E-state index is 0.124. The summed E-state index contributed by atoms with van der Waals surface area (Å²) in [5.41, 5.74) is 5.98. The Hall–Kier alpha value is -2.69. The van der Waals surface area contributed by atoms with Crippen molar-refractivity contribution >= 4 is 11.6 Å². The van der Waals surface area contributed by atoms with E-state index in [1.165, 1.54) is 42.5 Å². The molecule has 0 fully saturated rings. The molecule has 5 heteroatoms. The maximum atomic E-state index is 12.7. The highest BCUT2D eigenvalue weighted by Gasteiger charge is 2.18. The number of rotatable bonds is 3. The van der Waals surface area contributed by atoms with E-state index in [1.54, 1.807) is 6.20 Å². The van der Waals surface area contributed by atoms with E-state index in [9.17, 15) is 4.79 Å². The topological polar surface area (TPSA) is 59.3 Å². The van der Waals surface area contributed by atoms with Crippen molar-refractivity contribution in [1.82, 2.24) is 19.9 Å². The van der Waals surface area contributed by atoms with Gasteiger partial charge in [-0.25, -0.2) is 9.50 Å². The molecule has 1 aromatic carbocycles. The second-order valence-electron chi connectivity index (χ2n) is 7.05. The van der Waals surface area contributed by atoms with Crippen LogP contribution in [0.5, 0.6) is 0 Å². The highest BCUT2D eigenvalue weighted by atomic mass is 16.1. The fraction of sp³-hybridized carbons (Fsp3) is 0.381. The van der Waals surface area contributed by atoms with E-state index in [2.05, 4.69) is 28.4 Å². The van der Waals surface area contributed by atoms with Crippen LogP contribution < -0.4 is 5.32 Å². The molecule has 1 aliphatic carbocycles. The van der Waals surface area contributed by atoms with Crippen LogP contribution in [0.4, 0.5) is 0 Å². The van der Waals surface area contributed by atoms with Gasteiger partial charge in [-0.15, -0.1) is 0 Å². The van der Waals surface area contributed by atoms with Crippen LogP contribution in [0.15, 0.2) is 36.7 Å². The minimum atomic E-state index is -0.124. The van der Waals surface area contributed by atoms with Crippen LogP contribution in [-0.2, 0) is 19.4 Å². The molecule has 1 aliphatic rings. The summed E-state index contributed by atoms with van der Waals surface area (Å²) in [5.74, 6) is -0.124. The number of amides is 1. The Labute approximate surface area is 153 Å². The lowest BCUT2D eigenvalue weighted by Gasteiger charge is -2.14. The van der Waals surface area contributed by atoms with E-state index in [0.717, 1.165) is 18.4 Å². The van der Waals surface area contributed by atoms with Crippen molar-refractivity contribution in [3.8, 4) is 0 Å². The summed E-state index contributed by atoms with van der Waals surface area (Å²) in [7, 11) is 0. The summed E-state index contributed by atoms with van der Waals surface area (Å²) in [6.07, 6.45) is 10.5. The van der Waals surface area contributed by atoms with Crippen molar-refractivity contribution in [2.24, 2.45) is 0 Å². The van der Waals surface area contributed by atoms with Gasteiger partial charge in [-0.3, -0.25) is 4.79 Å². The van der Waals surface area contributed by atoms with E-state index in [0.29, 0.717) is 17.8 Å². The summed E-state index contributed by atoms with van der Waals surface area (Å²) in [5, 5.41) is 7.50. The second kappa shape index (κ2) is 7.28. The fourth-order valence-corrected chi connectivity index (χ4v) is 3.69. The normalized spacial score (nSPS) is 14.5. The number of aryl methyl sites for hydroxylation is 3. The van der Waals surface area contributed by atoms with Crippen molar-refractivity contribution in [2.45, 2.75) is 52.0 Å². The monoisotopic (exact) mass is 348 g/mol. The van der Waals surface area contributed by atoms with Crippen LogP contribution in [0.25, 0.3) is 5.65 Å². The molecule has 4 rings (SSSR count). The van der Waals surface area contributed by atoms with E-state index in [4.69, 9.17) is 0 Å². The molecule has 134 valence electrons. The Morgan fingerprint density at radius 1 is 1.12 bits per heavy atom. The third-order valence-corrected chi connectivity index (χ3v) is 5.27. The molecule has 1 N–H and O–H groups in total. The van der Waals surface area contributed by atoms with Gasteiger partial charge in [0.15, 0.2) is 5.65 Å². The first-order valence-electron chi connectivity index (χ1n) is 9.41. The summed E-state index contributed by atoms with van der Waals surface area (Å²) in [6.45, 7) is 2.56. The minimum Gasteiger partial charge on any atom is -0.348 e. The largest absolute Gasteiger partial charge is 0.348 e. The van der Waals surface area contributed by atoms with Crippen LogP contribution in [0.3, 0.4) is 0 Å². The number of nitrogens with one attached hydrogen (secondary N) is 1. The highest BCUT2D eigenvalue weighted by Crippen LogP contribution is 2.21. The first-order valence-corrected chi connectivity index (χ1v) is 9.41. The zero-order valence-corrected chi connectivity index (χ0v) is 15.2. The summed E-state index contributed by atoms with van der Waals surface area (Å²) < 4.78 is 1.88. The SMILES string of the molecule is Cc1ccccc1CNC(=O)c1cnn2c3c(cnc12)CCCCCC3. The second-order valence-corrected chi connectivity index (χ2v) is 7.05. The molecule has 0 aliphatic heterocycles.